The van der Waals surface area contributed by atoms with Gasteiger partial charge in [0.25, 0.3) is 0 Å². The molecule has 2 aromatic rings. The molecule has 0 heterocycles. The highest BCUT2D eigenvalue weighted by Gasteiger charge is 2.03. The van der Waals surface area contributed by atoms with E-state index in [0.717, 1.165) is 11.1 Å². The maximum absolute atomic E-state index is 7.77. The normalized spacial score (nSPS) is 11.3. The maximum atomic E-state index is 7.77. The van der Waals surface area contributed by atoms with Crippen LogP contribution in [-0.4, -0.2) is 11.1 Å². The minimum atomic E-state index is -0.134. The van der Waals surface area contributed by atoms with Crippen molar-refractivity contribution in [2.24, 2.45) is 10.7 Å². The first kappa shape index (κ1) is 12.3. The topological polar surface area (TPSA) is 62.2 Å². The van der Waals surface area contributed by atoms with Crippen molar-refractivity contribution in [2.45, 2.75) is 0 Å². The second-order valence-electron chi connectivity index (χ2n) is 3.73. The highest BCUT2D eigenvalue weighted by molar-refractivity contribution is 6.65. The minimum absolute atomic E-state index is 0.0558. The average Bonchev–Trinajstić information content (AvgIpc) is 2.39. The third kappa shape index (κ3) is 2.96. The van der Waals surface area contributed by atoms with Crippen LogP contribution in [0, 0.1) is 5.41 Å². The van der Waals surface area contributed by atoms with Gasteiger partial charge in [0.2, 0.25) is 0 Å². The van der Waals surface area contributed by atoms with Crippen LogP contribution >= 0.6 is 11.6 Å². The molecule has 3 nitrogen and oxygen atoms in total. The van der Waals surface area contributed by atoms with Gasteiger partial charge in [0.05, 0.1) is 0 Å². The number of rotatable bonds is 2. The summed E-state index contributed by atoms with van der Waals surface area (Å²) in [5, 5.41) is 7.63. The minimum Gasteiger partial charge on any atom is -0.374 e. The number of hydrogen-bond donors (Lipinski definition) is 2. The first-order valence-corrected chi connectivity index (χ1v) is 5.78. The summed E-state index contributed by atoms with van der Waals surface area (Å²) in [5.74, 6) is 0.0558. The lowest BCUT2D eigenvalue weighted by Crippen LogP contribution is -2.06. The van der Waals surface area contributed by atoms with Crippen molar-refractivity contribution in [1.29, 1.82) is 5.41 Å². The van der Waals surface area contributed by atoms with Gasteiger partial charge in [-0.05, 0) is 28.8 Å². The molecule has 18 heavy (non-hydrogen) atoms. The molecular formula is C14H12ClN3. The van der Waals surface area contributed by atoms with Crippen LogP contribution in [0.25, 0.3) is 11.1 Å². The number of hydrogen-bond acceptors (Lipinski definition) is 1. The summed E-state index contributed by atoms with van der Waals surface area (Å²) >= 11 is 5.47. The standard InChI is InChI=1S/C14H12ClN3/c15-14(17)18-13(16)12-8-4-7-11(9-12)10-5-2-1-3-6-10/h1-9H,(H3,16,17,18). The molecule has 0 spiro atoms. The van der Waals surface area contributed by atoms with Crippen LogP contribution in [0.15, 0.2) is 59.6 Å². The predicted octanol–water partition coefficient (Wildman–Crippen LogP) is 3.23. The van der Waals surface area contributed by atoms with E-state index in [1.54, 1.807) is 6.07 Å². The first-order chi connectivity index (χ1) is 8.66. The molecule has 0 aromatic heterocycles. The Labute approximate surface area is 110 Å². The molecule has 3 N–H and O–H groups in total. The van der Waals surface area contributed by atoms with Gasteiger partial charge in [-0.15, -0.1) is 0 Å². The van der Waals surface area contributed by atoms with Crippen LogP contribution in [0.1, 0.15) is 5.56 Å². The van der Waals surface area contributed by atoms with Gasteiger partial charge >= 0.3 is 0 Å². The second kappa shape index (κ2) is 5.47. The molecule has 2 aromatic carbocycles. The Morgan fingerprint density at radius 1 is 1.00 bits per heavy atom. The number of aliphatic imine (C=N–C) groups is 1. The maximum Gasteiger partial charge on any atom is 0.195 e. The molecule has 0 radical (unpaired) electrons. The highest BCUT2D eigenvalue weighted by Crippen LogP contribution is 2.20. The highest BCUT2D eigenvalue weighted by atomic mass is 35.5. The van der Waals surface area contributed by atoms with Gasteiger partial charge in [0, 0.05) is 5.56 Å². The Bertz CT molecular complexity index is 587. The van der Waals surface area contributed by atoms with Crippen LogP contribution in [-0.2, 0) is 0 Å². The number of benzene rings is 2. The van der Waals surface area contributed by atoms with Crippen molar-refractivity contribution >= 4 is 22.7 Å². The smallest absolute Gasteiger partial charge is 0.195 e. The Balaban J connectivity index is 2.37. The van der Waals surface area contributed by atoms with E-state index in [-0.39, 0.29) is 11.1 Å². The number of nitrogens with zero attached hydrogens (tertiary/aromatic N) is 1. The lowest BCUT2D eigenvalue weighted by atomic mass is 10.0. The molecule has 90 valence electrons. The summed E-state index contributed by atoms with van der Waals surface area (Å²) < 4.78 is 0. The van der Waals surface area contributed by atoms with E-state index in [1.165, 1.54) is 0 Å². The molecule has 0 aliphatic heterocycles. The summed E-state index contributed by atoms with van der Waals surface area (Å²) in [6.45, 7) is 0. The summed E-state index contributed by atoms with van der Waals surface area (Å²) in [7, 11) is 0. The van der Waals surface area contributed by atoms with Crippen molar-refractivity contribution in [2.75, 3.05) is 0 Å². The number of nitrogens with two attached hydrogens (primary N) is 1. The van der Waals surface area contributed by atoms with E-state index in [9.17, 15) is 0 Å². The lowest BCUT2D eigenvalue weighted by Gasteiger charge is -2.04. The summed E-state index contributed by atoms with van der Waals surface area (Å²) in [6, 6.07) is 17.5. The monoisotopic (exact) mass is 257 g/mol. The van der Waals surface area contributed by atoms with E-state index >= 15 is 0 Å². The largest absolute Gasteiger partial charge is 0.374 e. The first-order valence-electron chi connectivity index (χ1n) is 5.41. The number of halogens is 1. The van der Waals surface area contributed by atoms with Gasteiger partial charge < -0.3 is 5.73 Å². The molecule has 4 heteroatoms. The van der Waals surface area contributed by atoms with Crippen LogP contribution < -0.4 is 5.73 Å². The fourth-order valence-electron chi connectivity index (χ4n) is 1.65. The second-order valence-corrected chi connectivity index (χ2v) is 4.12. The fourth-order valence-corrected chi connectivity index (χ4v) is 1.73. The van der Waals surface area contributed by atoms with E-state index < -0.39 is 0 Å². The molecule has 0 saturated carbocycles. The molecule has 0 saturated heterocycles. The van der Waals surface area contributed by atoms with Crippen LogP contribution in [0.4, 0.5) is 0 Å². The van der Waals surface area contributed by atoms with Crippen molar-refractivity contribution in [3.05, 3.63) is 60.2 Å². The molecule has 0 unspecified atom stereocenters. The molecule has 0 aliphatic rings. The van der Waals surface area contributed by atoms with Crippen molar-refractivity contribution < 1.29 is 0 Å². The summed E-state index contributed by atoms with van der Waals surface area (Å²) in [5.41, 5.74) is 8.06. The summed E-state index contributed by atoms with van der Waals surface area (Å²) in [6.07, 6.45) is 0. The Morgan fingerprint density at radius 2 is 1.67 bits per heavy atom. The van der Waals surface area contributed by atoms with Gasteiger partial charge in [0.1, 0.15) is 0 Å². The van der Waals surface area contributed by atoms with Crippen LogP contribution in [0.5, 0.6) is 0 Å². The van der Waals surface area contributed by atoms with Crippen LogP contribution in [0.3, 0.4) is 0 Å². The molecule has 0 bridgehead atoms. The van der Waals surface area contributed by atoms with Gasteiger partial charge in [-0.3, -0.25) is 5.41 Å². The molecule has 0 fully saturated rings. The third-order valence-corrected chi connectivity index (χ3v) is 2.55. The molecule has 0 amide bonds. The van der Waals surface area contributed by atoms with Crippen molar-refractivity contribution in [3.8, 4) is 11.1 Å². The SMILES string of the molecule is N=C(N=C(N)Cl)c1cccc(-c2ccccc2)c1. The quantitative estimate of drug-likeness (QED) is 0.484. The zero-order chi connectivity index (χ0) is 13.0. The van der Waals surface area contributed by atoms with Gasteiger partial charge in [-0.1, -0.05) is 48.5 Å². The predicted molar refractivity (Wildman–Crippen MR) is 76.2 cm³/mol. The zero-order valence-corrected chi connectivity index (χ0v) is 10.4. The molecular weight excluding hydrogens is 246 g/mol. The Morgan fingerprint density at radius 3 is 2.33 bits per heavy atom. The number of amidine groups is 2. The van der Waals surface area contributed by atoms with E-state index in [1.807, 2.05) is 48.5 Å². The summed E-state index contributed by atoms with van der Waals surface area (Å²) in [4.78, 5) is 3.73. The molecule has 2 rings (SSSR count). The van der Waals surface area contributed by atoms with Crippen molar-refractivity contribution in [1.82, 2.24) is 0 Å². The lowest BCUT2D eigenvalue weighted by molar-refractivity contribution is 1.41. The Hall–Kier alpha value is -2.13. The average molecular weight is 258 g/mol. The molecule has 0 atom stereocenters. The van der Waals surface area contributed by atoms with E-state index in [0.29, 0.717) is 5.56 Å². The van der Waals surface area contributed by atoms with Crippen molar-refractivity contribution in [3.63, 3.8) is 0 Å². The van der Waals surface area contributed by atoms with Gasteiger partial charge in [0.15, 0.2) is 11.1 Å². The molecule has 0 aliphatic carbocycles. The van der Waals surface area contributed by atoms with Crippen LogP contribution in [0.2, 0.25) is 0 Å². The fraction of sp³-hybridized carbons (Fsp3) is 0. The van der Waals surface area contributed by atoms with Gasteiger partial charge in [-0.2, -0.15) is 0 Å². The van der Waals surface area contributed by atoms with E-state index in [4.69, 9.17) is 22.7 Å². The number of nitrogens with one attached hydrogen (secondary N) is 1. The van der Waals surface area contributed by atoms with E-state index in [2.05, 4.69) is 4.99 Å². The van der Waals surface area contributed by atoms with Gasteiger partial charge in [-0.25, -0.2) is 4.99 Å². The zero-order valence-electron chi connectivity index (χ0n) is 9.60. The third-order valence-electron chi connectivity index (χ3n) is 2.46. The Kier molecular flexibility index (Phi) is 3.75.